The van der Waals surface area contributed by atoms with E-state index < -0.39 is 0 Å². The monoisotopic (exact) mass is 310 g/mol. The second-order valence-electron chi connectivity index (χ2n) is 4.90. The number of H-pyrrole nitrogens is 1. The topological polar surface area (TPSA) is 52.7 Å². The van der Waals surface area contributed by atoms with Crippen LogP contribution >= 0.6 is 11.9 Å². The fourth-order valence-electron chi connectivity index (χ4n) is 2.23. The van der Waals surface area contributed by atoms with Crippen LogP contribution in [0.15, 0.2) is 65.7 Å². The van der Waals surface area contributed by atoms with Gasteiger partial charge in [0.05, 0.1) is 11.4 Å². The first-order valence-electron chi connectivity index (χ1n) is 7.12. The van der Waals surface area contributed by atoms with Crippen molar-refractivity contribution in [2.24, 2.45) is 0 Å². The molecule has 0 atom stereocenters. The van der Waals surface area contributed by atoms with Gasteiger partial charge in [0.1, 0.15) is 0 Å². The summed E-state index contributed by atoms with van der Waals surface area (Å²) in [5.74, 6) is 0. The van der Waals surface area contributed by atoms with Crippen LogP contribution in [-0.4, -0.2) is 17.2 Å². The molecule has 3 N–H and O–H groups in total. The van der Waals surface area contributed by atoms with Gasteiger partial charge in [-0.1, -0.05) is 30.3 Å². The Bertz CT molecular complexity index is 711. The molecular weight excluding hydrogens is 292 g/mol. The zero-order valence-electron chi connectivity index (χ0n) is 12.3. The van der Waals surface area contributed by atoms with E-state index in [4.69, 9.17) is 0 Å². The second-order valence-corrected chi connectivity index (χ2v) is 5.78. The number of anilines is 1. The zero-order chi connectivity index (χ0) is 15.2. The van der Waals surface area contributed by atoms with Gasteiger partial charge in [0.15, 0.2) is 0 Å². The number of aromatic nitrogens is 2. The standard InChI is InChI=1S/C17H18N4S/c1-18-12-13-7-8-15(16-9-10-19-20-16)17(11-13)21-22-14-5-3-2-4-6-14/h2-11,18,21H,12H2,1H3,(H,19,20). The molecule has 2 aromatic carbocycles. The van der Waals surface area contributed by atoms with E-state index in [-0.39, 0.29) is 0 Å². The van der Waals surface area contributed by atoms with Gasteiger partial charge in [0.25, 0.3) is 0 Å². The molecule has 4 nitrogen and oxygen atoms in total. The van der Waals surface area contributed by atoms with Crippen LogP contribution in [0.1, 0.15) is 5.56 Å². The highest BCUT2D eigenvalue weighted by molar-refractivity contribution is 8.00. The van der Waals surface area contributed by atoms with Crippen molar-refractivity contribution in [1.29, 1.82) is 0 Å². The summed E-state index contributed by atoms with van der Waals surface area (Å²) < 4.78 is 3.46. The van der Waals surface area contributed by atoms with Gasteiger partial charge in [-0.25, -0.2) is 0 Å². The van der Waals surface area contributed by atoms with Crippen LogP contribution in [0.4, 0.5) is 5.69 Å². The molecule has 22 heavy (non-hydrogen) atoms. The van der Waals surface area contributed by atoms with Crippen LogP contribution in [-0.2, 0) is 6.54 Å². The van der Waals surface area contributed by atoms with Gasteiger partial charge in [-0.2, -0.15) is 5.10 Å². The molecule has 0 saturated heterocycles. The van der Waals surface area contributed by atoms with E-state index in [1.165, 1.54) is 10.5 Å². The smallest absolute Gasteiger partial charge is 0.0671 e. The van der Waals surface area contributed by atoms with Crippen molar-refractivity contribution in [1.82, 2.24) is 15.5 Å². The SMILES string of the molecule is CNCc1ccc(-c2ccn[nH]2)c(NSc2ccccc2)c1. The molecule has 1 heterocycles. The van der Waals surface area contributed by atoms with Gasteiger partial charge in [-0.05, 0) is 48.8 Å². The van der Waals surface area contributed by atoms with Crippen molar-refractivity contribution in [2.75, 3.05) is 11.8 Å². The molecule has 0 amide bonds. The molecule has 0 unspecified atom stereocenters. The van der Waals surface area contributed by atoms with E-state index in [2.05, 4.69) is 50.6 Å². The van der Waals surface area contributed by atoms with Crippen molar-refractivity contribution in [3.63, 3.8) is 0 Å². The minimum Gasteiger partial charge on any atom is -0.325 e. The summed E-state index contributed by atoms with van der Waals surface area (Å²) >= 11 is 1.61. The molecule has 3 aromatic rings. The molecule has 0 fully saturated rings. The lowest BCUT2D eigenvalue weighted by molar-refractivity contribution is 0.818. The molecule has 0 aliphatic rings. The van der Waals surface area contributed by atoms with Gasteiger partial charge in [-0.15, -0.1) is 0 Å². The predicted octanol–water partition coefficient (Wildman–Crippen LogP) is 3.92. The number of nitrogens with one attached hydrogen (secondary N) is 3. The first-order chi connectivity index (χ1) is 10.9. The average molecular weight is 310 g/mol. The number of aromatic amines is 1. The summed E-state index contributed by atoms with van der Waals surface area (Å²) in [6.07, 6.45) is 1.77. The first-order valence-corrected chi connectivity index (χ1v) is 7.93. The van der Waals surface area contributed by atoms with E-state index in [0.717, 1.165) is 23.5 Å². The third-order valence-corrected chi connectivity index (χ3v) is 4.11. The van der Waals surface area contributed by atoms with Crippen LogP contribution < -0.4 is 10.0 Å². The minimum absolute atomic E-state index is 0.841. The third kappa shape index (κ3) is 3.50. The lowest BCUT2D eigenvalue weighted by atomic mass is 10.1. The Morgan fingerprint density at radius 3 is 2.68 bits per heavy atom. The number of hydrogen-bond acceptors (Lipinski definition) is 4. The summed E-state index contributed by atoms with van der Waals surface area (Å²) in [5.41, 5.74) is 4.43. The van der Waals surface area contributed by atoms with Crippen molar-refractivity contribution in [2.45, 2.75) is 11.4 Å². The highest BCUT2D eigenvalue weighted by Gasteiger charge is 2.08. The quantitative estimate of drug-likeness (QED) is 0.604. The largest absolute Gasteiger partial charge is 0.325 e. The van der Waals surface area contributed by atoms with Crippen molar-refractivity contribution < 1.29 is 0 Å². The normalized spacial score (nSPS) is 10.6. The van der Waals surface area contributed by atoms with Gasteiger partial charge in [-0.3, -0.25) is 5.10 Å². The van der Waals surface area contributed by atoms with Crippen LogP contribution in [0.5, 0.6) is 0 Å². The number of nitrogens with zero attached hydrogens (tertiary/aromatic N) is 1. The number of benzene rings is 2. The highest BCUT2D eigenvalue weighted by atomic mass is 32.2. The van der Waals surface area contributed by atoms with Crippen molar-refractivity contribution >= 4 is 17.6 Å². The Morgan fingerprint density at radius 1 is 1.09 bits per heavy atom. The Labute approximate surface area is 134 Å². The molecule has 0 spiro atoms. The van der Waals surface area contributed by atoms with Gasteiger partial charge in [0, 0.05) is 23.2 Å². The highest BCUT2D eigenvalue weighted by Crippen LogP contribution is 2.31. The molecule has 0 bridgehead atoms. The van der Waals surface area contributed by atoms with E-state index in [1.807, 2.05) is 31.3 Å². The van der Waals surface area contributed by atoms with E-state index >= 15 is 0 Å². The molecule has 112 valence electrons. The summed E-state index contributed by atoms with van der Waals surface area (Å²) in [7, 11) is 1.95. The minimum atomic E-state index is 0.841. The van der Waals surface area contributed by atoms with Gasteiger partial charge in [0.2, 0.25) is 0 Å². The van der Waals surface area contributed by atoms with E-state index in [0.29, 0.717) is 0 Å². The van der Waals surface area contributed by atoms with Gasteiger partial charge < -0.3 is 10.0 Å². The zero-order valence-corrected chi connectivity index (χ0v) is 13.2. The molecule has 0 aliphatic heterocycles. The predicted molar refractivity (Wildman–Crippen MR) is 92.7 cm³/mol. The molecule has 3 rings (SSSR count). The maximum absolute atomic E-state index is 4.04. The summed E-state index contributed by atoms with van der Waals surface area (Å²) in [6.45, 7) is 0.841. The molecule has 1 aromatic heterocycles. The molecule has 0 saturated carbocycles. The third-order valence-electron chi connectivity index (χ3n) is 3.28. The average Bonchev–Trinajstić information content (AvgIpc) is 3.09. The Morgan fingerprint density at radius 2 is 1.95 bits per heavy atom. The molecule has 0 aliphatic carbocycles. The van der Waals surface area contributed by atoms with Crippen LogP contribution in [0.3, 0.4) is 0 Å². The molecular formula is C17H18N4S. The maximum Gasteiger partial charge on any atom is 0.0671 e. The fraction of sp³-hybridized carbons (Fsp3) is 0.118. The lowest BCUT2D eigenvalue weighted by Crippen LogP contribution is -2.05. The lowest BCUT2D eigenvalue weighted by Gasteiger charge is -2.12. The summed E-state index contributed by atoms with van der Waals surface area (Å²) in [4.78, 5) is 1.18. The maximum atomic E-state index is 4.04. The van der Waals surface area contributed by atoms with Crippen LogP contribution in [0.2, 0.25) is 0 Å². The molecule has 0 radical (unpaired) electrons. The number of hydrogen-bond donors (Lipinski definition) is 3. The summed E-state index contributed by atoms with van der Waals surface area (Å²) in [5, 5.41) is 10.3. The second kappa shape index (κ2) is 7.15. The Kier molecular flexibility index (Phi) is 4.78. The number of rotatable bonds is 6. The fourth-order valence-corrected chi connectivity index (χ4v) is 2.92. The van der Waals surface area contributed by atoms with Crippen molar-refractivity contribution in [3.8, 4) is 11.3 Å². The van der Waals surface area contributed by atoms with Crippen molar-refractivity contribution in [3.05, 3.63) is 66.4 Å². The van der Waals surface area contributed by atoms with E-state index in [1.54, 1.807) is 18.1 Å². The first kappa shape index (κ1) is 14.7. The van der Waals surface area contributed by atoms with Gasteiger partial charge >= 0.3 is 0 Å². The Balaban J connectivity index is 1.87. The Hall–Kier alpha value is -2.24. The summed E-state index contributed by atoms with van der Waals surface area (Å²) in [6, 6.07) is 18.7. The molecule has 5 heteroatoms. The van der Waals surface area contributed by atoms with Crippen LogP contribution in [0.25, 0.3) is 11.3 Å². The van der Waals surface area contributed by atoms with Crippen LogP contribution in [0, 0.1) is 0 Å². The van der Waals surface area contributed by atoms with E-state index in [9.17, 15) is 0 Å².